The minimum atomic E-state index is -0.298. The number of fused-ring (bicyclic) bond motifs is 1. The molecule has 0 bridgehead atoms. The van der Waals surface area contributed by atoms with Crippen LogP contribution in [0.25, 0.3) is 0 Å². The third kappa shape index (κ3) is 1.14. The van der Waals surface area contributed by atoms with Gasteiger partial charge in [-0.25, -0.2) is 4.39 Å². The minimum absolute atomic E-state index is 0.103. The number of ether oxygens (including phenoxy) is 2. The van der Waals surface area contributed by atoms with Crippen LogP contribution in [0.2, 0.25) is 0 Å². The lowest BCUT2D eigenvalue weighted by Crippen LogP contribution is -2.21. The van der Waals surface area contributed by atoms with Crippen molar-refractivity contribution in [1.82, 2.24) is 0 Å². The fourth-order valence-corrected chi connectivity index (χ4v) is 2.08. The molecule has 80 valence electrons. The van der Waals surface area contributed by atoms with Crippen LogP contribution in [0, 0.1) is 5.82 Å². The van der Waals surface area contributed by atoms with Crippen LogP contribution in [0.5, 0.6) is 11.5 Å². The van der Waals surface area contributed by atoms with E-state index in [1.807, 2.05) is 0 Å². The predicted molar refractivity (Wildman–Crippen MR) is 52.5 cm³/mol. The SMILES string of the molecule is NCC1(c2ccc3c(c2F)OCO3)CC1. The van der Waals surface area contributed by atoms with Crippen molar-refractivity contribution in [1.29, 1.82) is 0 Å². The van der Waals surface area contributed by atoms with Gasteiger partial charge in [0.15, 0.2) is 11.6 Å². The van der Waals surface area contributed by atoms with Crippen LogP contribution in [-0.2, 0) is 5.41 Å². The first kappa shape index (κ1) is 8.97. The number of hydrogen-bond donors (Lipinski definition) is 1. The average Bonchev–Trinajstić information content (AvgIpc) is 2.89. The van der Waals surface area contributed by atoms with Gasteiger partial charge in [0, 0.05) is 12.0 Å². The van der Waals surface area contributed by atoms with Crippen LogP contribution in [0.4, 0.5) is 4.39 Å². The van der Waals surface area contributed by atoms with Crippen molar-refractivity contribution in [2.24, 2.45) is 5.73 Å². The molecule has 3 nitrogen and oxygen atoms in total. The van der Waals surface area contributed by atoms with E-state index in [2.05, 4.69) is 0 Å². The number of benzene rings is 1. The Morgan fingerprint density at radius 1 is 1.33 bits per heavy atom. The average molecular weight is 209 g/mol. The molecule has 4 heteroatoms. The summed E-state index contributed by atoms with van der Waals surface area (Å²) < 4.78 is 24.2. The van der Waals surface area contributed by atoms with E-state index in [-0.39, 0.29) is 23.8 Å². The normalized spacial score (nSPS) is 20.4. The summed E-state index contributed by atoms with van der Waals surface area (Å²) in [6.07, 6.45) is 1.92. The molecule has 0 amide bonds. The largest absolute Gasteiger partial charge is 0.453 e. The van der Waals surface area contributed by atoms with Gasteiger partial charge in [-0.1, -0.05) is 6.07 Å². The summed E-state index contributed by atoms with van der Waals surface area (Å²) in [7, 11) is 0. The predicted octanol–water partition coefficient (Wildman–Crippen LogP) is 1.54. The Morgan fingerprint density at radius 3 is 2.80 bits per heavy atom. The summed E-state index contributed by atoms with van der Waals surface area (Å²) in [5.74, 6) is 0.434. The molecule has 3 rings (SSSR count). The Kier molecular flexibility index (Phi) is 1.71. The van der Waals surface area contributed by atoms with Crippen molar-refractivity contribution >= 4 is 0 Å². The van der Waals surface area contributed by atoms with Crippen LogP contribution >= 0.6 is 0 Å². The zero-order valence-electron chi connectivity index (χ0n) is 8.25. The topological polar surface area (TPSA) is 44.5 Å². The van der Waals surface area contributed by atoms with Gasteiger partial charge in [0.05, 0.1) is 0 Å². The molecule has 1 aliphatic heterocycles. The van der Waals surface area contributed by atoms with Crippen LogP contribution in [0.15, 0.2) is 12.1 Å². The summed E-state index contributed by atoms with van der Waals surface area (Å²) in [5, 5.41) is 0. The molecule has 0 atom stereocenters. The highest BCUT2D eigenvalue weighted by Crippen LogP contribution is 2.51. The lowest BCUT2D eigenvalue weighted by molar-refractivity contribution is 0.170. The zero-order chi connectivity index (χ0) is 10.5. The van der Waals surface area contributed by atoms with Gasteiger partial charge in [0.25, 0.3) is 0 Å². The monoisotopic (exact) mass is 209 g/mol. The van der Waals surface area contributed by atoms with Crippen LogP contribution in [0.1, 0.15) is 18.4 Å². The number of rotatable bonds is 2. The first-order chi connectivity index (χ1) is 7.27. The maximum atomic E-state index is 14.0. The molecular weight excluding hydrogens is 197 g/mol. The minimum Gasteiger partial charge on any atom is -0.453 e. The molecular formula is C11H12FNO2. The first-order valence-corrected chi connectivity index (χ1v) is 5.05. The van der Waals surface area contributed by atoms with Crippen LogP contribution in [-0.4, -0.2) is 13.3 Å². The quantitative estimate of drug-likeness (QED) is 0.803. The molecule has 0 spiro atoms. The Balaban J connectivity index is 2.10. The van der Waals surface area contributed by atoms with Gasteiger partial charge < -0.3 is 15.2 Å². The van der Waals surface area contributed by atoms with E-state index in [4.69, 9.17) is 15.2 Å². The van der Waals surface area contributed by atoms with E-state index in [1.165, 1.54) is 0 Å². The summed E-state index contributed by atoms with van der Waals surface area (Å²) in [6.45, 7) is 0.592. The molecule has 0 saturated heterocycles. The highest BCUT2D eigenvalue weighted by atomic mass is 19.1. The van der Waals surface area contributed by atoms with Crippen molar-refractivity contribution in [2.75, 3.05) is 13.3 Å². The molecule has 0 unspecified atom stereocenters. The van der Waals surface area contributed by atoms with E-state index < -0.39 is 0 Å². The molecule has 0 aromatic heterocycles. The second-order valence-electron chi connectivity index (χ2n) is 4.15. The van der Waals surface area contributed by atoms with E-state index in [9.17, 15) is 4.39 Å². The molecule has 2 N–H and O–H groups in total. The van der Waals surface area contributed by atoms with Crippen molar-refractivity contribution in [3.8, 4) is 11.5 Å². The third-order valence-electron chi connectivity index (χ3n) is 3.29. The second kappa shape index (κ2) is 2.85. The van der Waals surface area contributed by atoms with E-state index >= 15 is 0 Å². The summed E-state index contributed by atoms with van der Waals surface area (Å²) >= 11 is 0. The van der Waals surface area contributed by atoms with Gasteiger partial charge in [-0.2, -0.15) is 0 Å². The van der Waals surface area contributed by atoms with Gasteiger partial charge in [0.2, 0.25) is 12.5 Å². The fraction of sp³-hybridized carbons (Fsp3) is 0.455. The maximum Gasteiger partial charge on any atom is 0.231 e. The van der Waals surface area contributed by atoms with Crippen molar-refractivity contribution in [2.45, 2.75) is 18.3 Å². The Bertz CT molecular complexity index is 415. The molecule has 15 heavy (non-hydrogen) atoms. The molecule has 1 fully saturated rings. The standard InChI is InChI=1S/C11H12FNO2/c12-9-7(11(5-13)3-4-11)1-2-8-10(9)15-6-14-8/h1-2H,3-6,13H2. The molecule has 2 aliphatic rings. The maximum absolute atomic E-state index is 14.0. The number of halogens is 1. The van der Waals surface area contributed by atoms with Crippen molar-refractivity contribution in [3.05, 3.63) is 23.5 Å². The third-order valence-corrected chi connectivity index (χ3v) is 3.29. The first-order valence-electron chi connectivity index (χ1n) is 5.05. The zero-order valence-corrected chi connectivity index (χ0v) is 8.25. The number of hydrogen-bond acceptors (Lipinski definition) is 3. The van der Waals surface area contributed by atoms with Gasteiger partial charge >= 0.3 is 0 Å². The highest BCUT2D eigenvalue weighted by Gasteiger charge is 2.46. The smallest absolute Gasteiger partial charge is 0.231 e. The van der Waals surface area contributed by atoms with Gasteiger partial charge in [-0.15, -0.1) is 0 Å². The lowest BCUT2D eigenvalue weighted by Gasteiger charge is -2.14. The Labute approximate surface area is 87.0 Å². The van der Waals surface area contributed by atoms with Crippen molar-refractivity contribution < 1.29 is 13.9 Å². The Hall–Kier alpha value is -1.29. The van der Waals surface area contributed by atoms with Gasteiger partial charge in [-0.05, 0) is 24.5 Å². The van der Waals surface area contributed by atoms with E-state index in [0.29, 0.717) is 17.9 Å². The fourth-order valence-electron chi connectivity index (χ4n) is 2.08. The van der Waals surface area contributed by atoms with Gasteiger partial charge in [0.1, 0.15) is 0 Å². The second-order valence-corrected chi connectivity index (χ2v) is 4.15. The highest BCUT2D eigenvalue weighted by molar-refractivity contribution is 5.49. The molecule has 0 radical (unpaired) electrons. The van der Waals surface area contributed by atoms with E-state index in [0.717, 1.165) is 12.8 Å². The Morgan fingerprint density at radius 2 is 2.13 bits per heavy atom. The summed E-state index contributed by atoms with van der Waals surface area (Å²) in [6, 6.07) is 3.53. The number of nitrogens with two attached hydrogens (primary N) is 1. The molecule has 1 aliphatic carbocycles. The molecule has 1 heterocycles. The molecule has 1 aromatic carbocycles. The molecule has 1 saturated carbocycles. The van der Waals surface area contributed by atoms with Gasteiger partial charge in [-0.3, -0.25) is 0 Å². The summed E-state index contributed by atoms with van der Waals surface area (Å²) in [5.41, 5.74) is 6.20. The van der Waals surface area contributed by atoms with E-state index in [1.54, 1.807) is 12.1 Å². The van der Waals surface area contributed by atoms with Crippen LogP contribution in [0.3, 0.4) is 0 Å². The van der Waals surface area contributed by atoms with Crippen LogP contribution < -0.4 is 15.2 Å². The van der Waals surface area contributed by atoms with Crippen molar-refractivity contribution in [3.63, 3.8) is 0 Å². The summed E-state index contributed by atoms with van der Waals surface area (Å²) in [4.78, 5) is 0. The lowest BCUT2D eigenvalue weighted by atomic mass is 9.95. The molecule has 1 aromatic rings.